The standard InChI is InChI=1S/C22H24N4O6S/c1-15-22(17-5-3-4-6-18(17)23-15)20(27)14-24-9-11-25(12-10-24)33(30,31)16-7-8-21(32-2)19(13-16)26(28)29/h3-8,13,23H,9-12,14H2,1-2H3. The first-order chi connectivity index (χ1) is 15.7. The Kier molecular flexibility index (Phi) is 6.19. The Morgan fingerprint density at radius 1 is 1.15 bits per heavy atom. The molecule has 1 saturated heterocycles. The molecule has 1 aromatic heterocycles. The number of sulfonamides is 1. The number of ketones is 1. The minimum absolute atomic E-state index is 0.00476. The van der Waals surface area contributed by atoms with Gasteiger partial charge in [-0.2, -0.15) is 4.31 Å². The highest BCUT2D eigenvalue weighted by Gasteiger charge is 2.31. The molecule has 174 valence electrons. The Balaban J connectivity index is 1.45. The number of piperazine rings is 1. The Labute approximate surface area is 191 Å². The molecule has 0 atom stereocenters. The van der Waals surface area contributed by atoms with Crippen molar-refractivity contribution in [2.45, 2.75) is 11.8 Å². The van der Waals surface area contributed by atoms with E-state index in [1.54, 1.807) is 0 Å². The molecular formula is C22H24N4O6S. The molecule has 0 amide bonds. The average Bonchev–Trinajstić information content (AvgIpc) is 3.14. The number of carbonyl (C=O) groups excluding carboxylic acids is 1. The summed E-state index contributed by atoms with van der Waals surface area (Å²) in [7, 11) is -2.63. The number of Topliss-reactive ketones (excluding diaryl/α,β-unsaturated/α-hetero) is 1. The number of methoxy groups -OCH3 is 1. The van der Waals surface area contributed by atoms with E-state index in [0.717, 1.165) is 22.7 Å². The quantitative estimate of drug-likeness (QED) is 0.318. The van der Waals surface area contributed by atoms with Gasteiger partial charge in [-0.1, -0.05) is 18.2 Å². The summed E-state index contributed by atoms with van der Waals surface area (Å²) < 4.78 is 32.3. The van der Waals surface area contributed by atoms with Crippen molar-refractivity contribution in [2.24, 2.45) is 0 Å². The molecule has 0 bridgehead atoms. The lowest BCUT2D eigenvalue weighted by Crippen LogP contribution is -2.49. The van der Waals surface area contributed by atoms with Gasteiger partial charge in [-0.3, -0.25) is 19.8 Å². The molecule has 0 aliphatic carbocycles. The molecule has 0 saturated carbocycles. The Morgan fingerprint density at radius 3 is 2.52 bits per heavy atom. The number of hydrogen-bond acceptors (Lipinski definition) is 7. The number of aromatic amines is 1. The van der Waals surface area contributed by atoms with Gasteiger partial charge in [0, 0.05) is 54.4 Å². The molecule has 4 rings (SSSR count). The lowest BCUT2D eigenvalue weighted by molar-refractivity contribution is -0.386. The number of para-hydroxylation sites is 1. The second kappa shape index (κ2) is 8.93. The number of rotatable bonds is 7. The molecule has 33 heavy (non-hydrogen) atoms. The summed E-state index contributed by atoms with van der Waals surface area (Å²) in [5, 5.41) is 12.1. The third-order valence-corrected chi connectivity index (χ3v) is 7.75. The van der Waals surface area contributed by atoms with Crippen molar-refractivity contribution in [1.82, 2.24) is 14.2 Å². The Hall–Kier alpha value is -3.28. The first kappa shape index (κ1) is 22.9. The van der Waals surface area contributed by atoms with Crippen molar-refractivity contribution in [2.75, 3.05) is 39.8 Å². The molecule has 1 aliphatic rings. The predicted molar refractivity (Wildman–Crippen MR) is 122 cm³/mol. The number of H-pyrrole nitrogens is 1. The minimum atomic E-state index is -3.92. The third-order valence-electron chi connectivity index (χ3n) is 5.86. The maximum absolute atomic E-state index is 13.0. The molecule has 11 heteroatoms. The molecule has 3 aromatic rings. The van der Waals surface area contributed by atoms with Gasteiger partial charge in [-0.05, 0) is 25.1 Å². The summed E-state index contributed by atoms with van der Waals surface area (Å²) in [6.07, 6.45) is 0. The predicted octanol–water partition coefficient (Wildman–Crippen LogP) is 2.58. The van der Waals surface area contributed by atoms with Gasteiger partial charge in [0.15, 0.2) is 11.5 Å². The van der Waals surface area contributed by atoms with Gasteiger partial charge in [-0.15, -0.1) is 0 Å². The lowest BCUT2D eigenvalue weighted by atomic mass is 10.1. The van der Waals surface area contributed by atoms with E-state index in [9.17, 15) is 23.3 Å². The highest BCUT2D eigenvalue weighted by atomic mass is 32.2. The van der Waals surface area contributed by atoms with Crippen LogP contribution in [0.15, 0.2) is 47.4 Å². The molecule has 1 fully saturated rings. The fourth-order valence-electron chi connectivity index (χ4n) is 4.17. The molecule has 0 unspecified atom stereocenters. The third kappa shape index (κ3) is 4.34. The van der Waals surface area contributed by atoms with Crippen LogP contribution in [0.4, 0.5) is 5.69 Å². The van der Waals surface area contributed by atoms with Crippen molar-refractivity contribution >= 4 is 32.4 Å². The number of nitrogens with zero attached hydrogens (tertiary/aromatic N) is 3. The van der Waals surface area contributed by atoms with Gasteiger partial charge in [0.1, 0.15) is 0 Å². The van der Waals surface area contributed by atoms with Gasteiger partial charge < -0.3 is 9.72 Å². The van der Waals surface area contributed by atoms with Crippen LogP contribution in [0.5, 0.6) is 5.75 Å². The molecule has 2 aromatic carbocycles. The van der Waals surface area contributed by atoms with Gasteiger partial charge in [0.2, 0.25) is 10.0 Å². The molecule has 0 radical (unpaired) electrons. The first-order valence-corrected chi connectivity index (χ1v) is 11.8. The zero-order valence-electron chi connectivity index (χ0n) is 18.3. The summed E-state index contributed by atoms with van der Waals surface area (Å²) in [4.78, 5) is 28.6. The van der Waals surface area contributed by atoms with E-state index in [1.165, 1.54) is 23.5 Å². The summed E-state index contributed by atoms with van der Waals surface area (Å²) in [6, 6.07) is 11.2. The number of nitro benzene ring substituents is 1. The smallest absolute Gasteiger partial charge is 0.312 e. The first-order valence-electron chi connectivity index (χ1n) is 10.4. The SMILES string of the molecule is COc1ccc(S(=O)(=O)N2CCN(CC(=O)c3c(C)[nH]c4ccccc34)CC2)cc1[N+](=O)[O-]. The molecule has 10 nitrogen and oxygen atoms in total. The number of nitro groups is 1. The number of hydrogen-bond donors (Lipinski definition) is 1. The maximum Gasteiger partial charge on any atom is 0.312 e. The van der Waals surface area contributed by atoms with Crippen LogP contribution in [0, 0.1) is 17.0 Å². The van der Waals surface area contributed by atoms with Crippen LogP contribution in [-0.2, 0) is 10.0 Å². The second-order valence-electron chi connectivity index (χ2n) is 7.86. The zero-order valence-corrected chi connectivity index (χ0v) is 19.1. The van der Waals surface area contributed by atoms with Crippen LogP contribution >= 0.6 is 0 Å². The van der Waals surface area contributed by atoms with Crippen molar-refractivity contribution in [3.63, 3.8) is 0 Å². The van der Waals surface area contributed by atoms with E-state index in [2.05, 4.69) is 4.98 Å². The van der Waals surface area contributed by atoms with E-state index in [-0.39, 0.29) is 36.1 Å². The summed E-state index contributed by atoms with van der Waals surface area (Å²) in [5.41, 5.74) is 1.97. The number of carbonyl (C=O) groups is 1. The average molecular weight is 473 g/mol. The van der Waals surface area contributed by atoms with E-state index >= 15 is 0 Å². The van der Waals surface area contributed by atoms with Gasteiger partial charge in [0.25, 0.3) is 0 Å². The topological polar surface area (TPSA) is 126 Å². The fourth-order valence-corrected chi connectivity index (χ4v) is 5.61. The molecule has 2 heterocycles. The molecular weight excluding hydrogens is 448 g/mol. The summed E-state index contributed by atoms with van der Waals surface area (Å²) in [5.74, 6) is -0.0260. The van der Waals surface area contributed by atoms with Gasteiger partial charge in [0.05, 0.1) is 23.5 Å². The van der Waals surface area contributed by atoms with Crippen LogP contribution in [-0.4, -0.2) is 73.1 Å². The molecule has 1 aliphatic heterocycles. The van der Waals surface area contributed by atoms with Crippen LogP contribution < -0.4 is 4.74 Å². The Morgan fingerprint density at radius 2 is 1.85 bits per heavy atom. The van der Waals surface area contributed by atoms with Crippen LogP contribution in [0.1, 0.15) is 16.1 Å². The van der Waals surface area contributed by atoms with Crippen LogP contribution in [0.3, 0.4) is 0 Å². The highest BCUT2D eigenvalue weighted by molar-refractivity contribution is 7.89. The van der Waals surface area contributed by atoms with Crippen molar-refractivity contribution in [1.29, 1.82) is 0 Å². The maximum atomic E-state index is 13.0. The number of aryl methyl sites for hydroxylation is 1. The zero-order chi connectivity index (χ0) is 23.8. The van der Waals surface area contributed by atoms with Crippen molar-refractivity contribution in [3.8, 4) is 5.75 Å². The minimum Gasteiger partial charge on any atom is -0.490 e. The Bertz CT molecular complexity index is 1330. The van der Waals surface area contributed by atoms with E-state index in [4.69, 9.17) is 4.74 Å². The summed E-state index contributed by atoms with van der Waals surface area (Å²) >= 11 is 0. The normalized spacial score (nSPS) is 15.6. The number of ether oxygens (including phenoxy) is 1. The van der Waals surface area contributed by atoms with Crippen LogP contribution in [0.2, 0.25) is 0 Å². The fraction of sp³-hybridized carbons (Fsp3) is 0.318. The second-order valence-corrected chi connectivity index (χ2v) is 9.80. The number of fused-ring (bicyclic) bond motifs is 1. The van der Waals surface area contributed by atoms with Crippen molar-refractivity contribution < 1.29 is 22.9 Å². The largest absolute Gasteiger partial charge is 0.490 e. The number of benzene rings is 2. The highest BCUT2D eigenvalue weighted by Crippen LogP contribution is 2.31. The number of nitrogens with one attached hydrogen (secondary N) is 1. The van der Waals surface area contributed by atoms with E-state index in [0.29, 0.717) is 18.7 Å². The molecule has 0 spiro atoms. The van der Waals surface area contributed by atoms with E-state index < -0.39 is 20.6 Å². The van der Waals surface area contributed by atoms with Crippen molar-refractivity contribution in [3.05, 3.63) is 63.8 Å². The monoisotopic (exact) mass is 472 g/mol. The van der Waals surface area contributed by atoms with Gasteiger partial charge in [-0.25, -0.2) is 8.42 Å². The molecule has 1 N–H and O–H groups in total. The van der Waals surface area contributed by atoms with Crippen LogP contribution in [0.25, 0.3) is 10.9 Å². The van der Waals surface area contributed by atoms with Gasteiger partial charge >= 0.3 is 5.69 Å². The lowest BCUT2D eigenvalue weighted by Gasteiger charge is -2.33. The summed E-state index contributed by atoms with van der Waals surface area (Å²) in [6.45, 7) is 3.18. The van der Waals surface area contributed by atoms with E-state index in [1.807, 2.05) is 36.1 Å². The number of aromatic nitrogens is 1.